The molecule has 0 spiro atoms. The number of hydrogen-bond acceptors (Lipinski definition) is 3. The third kappa shape index (κ3) is 6.57. The molecule has 30 heavy (non-hydrogen) atoms. The SMILES string of the molecule is C=CCN(C)CCCCOc1ccc2c(c1)CCCN2C(=S)NCc1ccccc1. The summed E-state index contributed by atoms with van der Waals surface area (Å²) in [5.74, 6) is 0.957. The summed E-state index contributed by atoms with van der Waals surface area (Å²) >= 11 is 5.69. The highest BCUT2D eigenvalue weighted by Crippen LogP contribution is 2.30. The monoisotopic (exact) mass is 423 g/mol. The number of likely N-dealkylation sites (N-methyl/N-ethyl adjacent to an activating group) is 1. The molecule has 0 unspecified atom stereocenters. The summed E-state index contributed by atoms with van der Waals surface area (Å²) in [6.45, 7) is 8.23. The Morgan fingerprint density at radius 2 is 2.07 bits per heavy atom. The zero-order valence-electron chi connectivity index (χ0n) is 18.0. The lowest BCUT2D eigenvalue weighted by molar-refractivity contribution is 0.287. The molecule has 0 bridgehead atoms. The van der Waals surface area contributed by atoms with Crippen molar-refractivity contribution < 1.29 is 4.74 Å². The predicted molar refractivity (Wildman–Crippen MR) is 130 cm³/mol. The number of ether oxygens (including phenoxy) is 1. The maximum absolute atomic E-state index is 6.01. The fourth-order valence-corrected chi connectivity index (χ4v) is 3.99. The van der Waals surface area contributed by atoms with E-state index in [1.807, 2.05) is 12.1 Å². The van der Waals surface area contributed by atoms with E-state index >= 15 is 0 Å². The number of fused-ring (bicyclic) bond motifs is 1. The second-order valence-corrected chi connectivity index (χ2v) is 8.18. The van der Waals surface area contributed by atoms with E-state index in [4.69, 9.17) is 17.0 Å². The van der Waals surface area contributed by atoms with Crippen LogP contribution in [-0.4, -0.2) is 43.3 Å². The number of unbranched alkanes of at least 4 members (excludes halogenated alkanes) is 1. The summed E-state index contributed by atoms with van der Waals surface area (Å²) in [7, 11) is 2.12. The van der Waals surface area contributed by atoms with Crippen molar-refractivity contribution in [2.45, 2.75) is 32.2 Å². The van der Waals surface area contributed by atoms with Gasteiger partial charge in [0.15, 0.2) is 5.11 Å². The molecule has 2 aromatic carbocycles. The summed E-state index contributed by atoms with van der Waals surface area (Å²) in [5, 5.41) is 4.20. The Kier molecular flexibility index (Phi) is 8.72. The quantitative estimate of drug-likeness (QED) is 0.337. The van der Waals surface area contributed by atoms with Gasteiger partial charge in [0.2, 0.25) is 0 Å². The first-order chi connectivity index (χ1) is 14.7. The second kappa shape index (κ2) is 11.7. The average Bonchev–Trinajstić information content (AvgIpc) is 2.77. The van der Waals surface area contributed by atoms with Crippen molar-refractivity contribution in [3.63, 3.8) is 0 Å². The van der Waals surface area contributed by atoms with Crippen LogP contribution in [0.3, 0.4) is 0 Å². The van der Waals surface area contributed by atoms with E-state index < -0.39 is 0 Å². The molecule has 5 heteroatoms. The van der Waals surface area contributed by atoms with Crippen LogP contribution in [0, 0.1) is 0 Å². The van der Waals surface area contributed by atoms with E-state index in [-0.39, 0.29) is 0 Å². The van der Waals surface area contributed by atoms with Crippen LogP contribution in [0.2, 0.25) is 0 Å². The fourth-order valence-electron chi connectivity index (χ4n) is 3.73. The summed E-state index contributed by atoms with van der Waals surface area (Å²) in [6, 6.07) is 16.8. The molecule has 0 aliphatic carbocycles. The first kappa shape index (κ1) is 22.3. The Morgan fingerprint density at radius 3 is 2.87 bits per heavy atom. The molecule has 1 aliphatic rings. The number of hydrogen-bond donors (Lipinski definition) is 1. The third-order valence-electron chi connectivity index (χ3n) is 5.34. The van der Waals surface area contributed by atoms with Gasteiger partial charge in [-0.25, -0.2) is 0 Å². The van der Waals surface area contributed by atoms with Crippen molar-refractivity contribution in [1.82, 2.24) is 10.2 Å². The molecule has 3 rings (SSSR count). The maximum atomic E-state index is 6.01. The lowest BCUT2D eigenvalue weighted by Gasteiger charge is -2.32. The third-order valence-corrected chi connectivity index (χ3v) is 5.71. The Hall–Kier alpha value is -2.37. The first-order valence-electron chi connectivity index (χ1n) is 10.8. The van der Waals surface area contributed by atoms with E-state index in [1.165, 1.54) is 16.8 Å². The minimum Gasteiger partial charge on any atom is -0.494 e. The summed E-state index contributed by atoms with van der Waals surface area (Å²) < 4.78 is 6.01. The zero-order chi connectivity index (χ0) is 21.2. The Bertz CT molecular complexity index is 824. The van der Waals surface area contributed by atoms with Crippen LogP contribution in [0.1, 0.15) is 30.4 Å². The van der Waals surface area contributed by atoms with Gasteiger partial charge in [-0.05, 0) is 80.8 Å². The van der Waals surface area contributed by atoms with E-state index in [1.54, 1.807) is 0 Å². The number of nitrogens with one attached hydrogen (secondary N) is 1. The molecular weight excluding hydrogens is 390 g/mol. The Labute approximate surface area is 186 Å². The molecule has 1 aliphatic heterocycles. The molecule has 1 heterocycles. The smallest absolute Gasteiger partial charge is 0.173 e. The van der Waals surface area contributed by atoms with Crippen molar-refractivity contribution in [2.24, 2.45) is 0 Å². The molecule has 0 radical (unpaired) electrons. The van der Waals surface area contributed by atoms with Crippen LogP contribution in [0.5, 0.6) is 5.75 Å². The number of aryl methyl sites for hydroxylation is 1. The molecule has 0 aromatic heterocycles. The van der Waals surface area contributed by atoms with Crippen LogP contribution < -0.4 is 15.0 Å². The fraction of sp³-hybridized carbons (Fsp3) is 0.400. The minimum atomic E-state index is 0.745. The molecular formula is C25H33N3OS. The van der Waals surface area contributed by atoms with Gasteiger partial charge in [-0.3, -0.25) is 0 Å². The van der Waals surface area contributed by atoms with Crippen molar-refractivity contribution in [3.8, 4) is 5.75 Å². The van der Waals surface area contributed by atoms with E-state index in [9.17, 15) is 0 Å². The highest BCUT2D eigenvalue weighted by atomic mass is 32.1. The van der Waals surface area contributed by atoms with Crippen LogP contribution in [0.4, 0.5) is 5.69 Å². The summed E-state index contributed by atoms with van der Waals surface area (Å²) in [6.07, 6.45) is 6.29. The molecule has 0 saturated heterocycles. The van der Waals surface area contributed by atoms with Gasteiger partial charge >= 0.3 is 0 Å². The average molecular weight is 424 g/mol. The predicted octanol–water partition coefficient (Wildman–Crippen LogP) is 4.79. The van der Waals surface area contributed by atoms with Crippen molar-refractivity contribution >= 4 is 23.0 Å². The second-order valence-electron chi connectivity index (χ2n) is 7.80. The van der Waals surface area contributed by atoms with Gasteiger partial charge in [0.25, 0.3) is 0 Å². The number of rotatable bonds is 10. The van der Waals surface area contributed by atoms with Gasteiger partial charge in [0.1, 0.15) is 5.75 Å². The normalized spacial score (nSPS) is 13.1. The van der Waals surface area contributed by atoms with Gasteiger partial charge in [-0.1, -0.05) is 36.4 Å². The molecule has 2 aromatic rings. The summed E-state index contributed by atoms with van der Waals surface area (Å²) in [4.78, 5) is 4.49. The Morgan fingerprint density at radius 1 is 1.23 bits per heavy atom. The van der Waals surface area contributed by atoms with Gasteiger partial charge in [0.05, 0.1) is 6.61 Å². The zero-order valence-corrected chi connectivity index (χ0v) is 18.8. The molecule has 0 saturated carbocycles. The molecule has 0 fully saturated rings. The number of benzene rings is 2. The largest absolute Gasteiger partial charge is 0.494 e. The standard InChI is InChI=1S/C25H33N3OS/c1-3-15-27(2)16-7-8-18-29-23-13-14-24-22(19-23)12-9-17-28(24)25(30)26-20-21-10-5-4-6-11-21/h3-6,10-11,13-14,19H,1,7-9,12,15-18,20H2,2H3,(H,26,30). The molecule has 160 valence electrons. The van der Waals surface area contributed by atoms with Gasteiger partial charge < -0.3 is 19.9 Å². The van der Waals surface area contributed by atoms with E-state index in [2.05, 4.69) is 71.2 Å². The topological polar surface area (TPSA) is 27.7 Å². The summed E-state index contributed by atoms with van der Waals surface area (Å²) in [5.41, 5.74) is 3.75. The van der Waals surface area contributed by atoms with Crippen LogP contribution in [0.25, 0.3) is 0 Å². The number of thiocarbonyl (C=S) groups is 1. The number of anilines is 1. The van der Waals surface area contributed by atoms with Crippen LogP contribution in [-0.2, 0) is 13.0 Å². The number of nitrogens with zero attached hydrogens (tertiary/aromatic N) is 2. The van der Waals surface area contributed by atoms with Crippen molar-refractivity contribution in [2.75, 3.05) is 38.2 Å². The van der Waals surface area contributed by atoms with Gasteiger partial charge in [-0.15, -0.1) is 6.58 Å². The van der Waals surface area contributed by atoms with E-state index in [0.717, 1.165) is 69.3 Å². The van der Waals surface area contributed by atoms with Crippen LogP contribution in [0.15, 0.2) is 61.2 Å². The van der Waals surface area contributed by atoms with E-state index in [0.29, 0.717) is 0 Å². The molecule has 0 amide bonds. The van der Waals surface area contributed by atoms with Gasteiger partial charge in [-0.2, -0.15) is 0 Å². The van der Waals surface area contributed by atoms with Gasteiger partial charge in [0, 0.05) is 25.3 Å². The lowest BCUT2D eigenvalue weighted by atomic mass is 10.0. The highest BCUT2D eigenvalue weighted by molar-refractivity contribution is 7.80. The van der Waals surface area contributed by atoms with Crippen molar-refractivity contribution in [1.29, 1.82) is 0 Å². The first-order valence-corrected chi connectivity index (χ1v) is 11.2. The van der Waals surface area contributed by atoms with Crippen LogP contribution >= 0.6 is 12.2 Å². The van der Waals surface area contributed by atoms with Crippen molar-refractivity contribution in [3.05, 3.63) is 72.3 Å². The molecule has 4 nitrogen and oxygen atoms in total. The highest BCUT2D eigenvalue weighted by Gasteiger charge is 2.20. The minimum absolute atomic E-state index is 0.745. The molecule has 1 N–H and O–H groups in total. The Balaban J connectivity index is 1.50. The molecule has 0 atom stereocenters. The lowest BCUT2D eigenvalue weighted by Crippen LogP contribution is -2.42. The maximum Gasteiger partial charge on any atom is 0.173 e.